The zero-order valence-electron chi connectivity index (χ0n) is 23.4. The van der Waals surface area contributed by atoms with Gasteiger partial charge in [0, 0.05) is 49.6 Å². The predicted octanol–water partition coefficient (Wildman–Crippen LogP) is 4.62. The summed E-state index contributed by atoms with van der Waals surface area (Å²) in [7, 11) is 1.62. The number of hydrazone groups is 1. The zero-order chi connectivity index (χ0) is 28.0. The molecule has 1 unspecified atom stereocenters. The quantitative estimate of drug-likeness (QED) is 0.452. The van der Waals surface area contributed by atoms with Crippen molar-refractivity contribution in [2.45, 2.75) is 39.7 Å². The van der Waals surface area contributed by atoms with Crippen LogP contribution < -0.4 is 4.74 Å². The molecule has 0 radical (unpaired) electrons. The van der Waals surface area contributed by atoms with E-state index in [2.05, 4.69) is 4.90 Å². The number of carbonyl (C=O) groups is 2. The lowest BCUT2D eigenvalue weighted by Crippen LogP contribution is -2.47. The van der Waals surface area contributed by atoms with E-state index in [1.165, 1.54) is 5.01 Å². The van der Waals surface area contributed by atoms with E-state index >= 15 is 0 Å². The van der Waals surface area contributed by atoms with Crippen LogP contribution in [0.4, 0.5) is 0 Å². The smallest absolute Gasteiger partial charge is 0.262 e. The molecule has 8 nitrogen and oxygen atoms in total. The Morgan fingerprint density at radius 3 is 2.44 bits per heavy atom. The first-order valence-electron chi connectivity index (χ1n) is 13.5. The Morgan fingerprint density at radius 1 is 1.10 bits per heavy atom. The van der Waals surface area contributed by atoms with Crippen molar-refractivity contribution in [2.24, 2.45) is 10.5 Å². The molecule has 0 aliphatic carbocycles. The standard InChI is InChI=1S/C30H39ClN4O4/c1-30(2,3)20-28(36)34(14-13-33-15-17-39-18-16-33)21-29(37)35-27(22-9-11-23(38-4)12-10-22)19-26(32-35)24-7-5-6-8-25(24)31/h5-12,27H,13-21H2,1-4H3. The van der Waals surface area contributed by atoms with Crippen LogP contribution in [0.1, 0.15) is 50.8 Å². The largest absolute Gasteiger partial charge is 0.497 e. The van der Waals surface area contributed by atoms with Gasteiger partial charge in [0.2, 0.25) is 5.91 Å². The molecule has 2 amide bonds. The van der Waals surface area contributed by atoms with Crippen LogP contribution in [0.5, 0.6) is 5.75 Å². The first kappa shape index (κ1) is 29.1. The van der Waals surface area contributed by atoms with Gasteiger partial charge in [-0.2, -0.15) is 5.10 Å². The van der Waals surface area contributed by atoms with Crippen molar-refractivity contribution in [3.63, 3.8) is 0 Å². The molecular weight excluding hydrogens is 516 g/mol. The molecule has 2 aliphatic rings. The Hall–Kier alpha value is -2.94. The lowest BCUT2D eigenvalue weighted by molar-refractivity contribution is -0.142. The summed E-state index contributed by atoms with van der Waals surface area (Å²) in [5.74, 6) is 0.491. The maximum absolute atomic E-state index is 13.9. The number of benzene rings is 2. The minimum absolute atomic E-state index is 0.0281. The molecule has 0 aromatic heterocycles. The van der Waals surface area contributed by atoms with E-state index in [9.17, 15) is 9.59 Å². The van der Waals surface area contributed by atoms with Crippen LogP contribution in [0.15, 0.2) is 53.6 Å². The number of nitrogens with zero attached hydrogens (tertiary/aromatic N) is 4. The summed E-state index contributed by atoms with van der Waals surface area (Å²) in [6.07, 6.45) is 0.880. The van der Waals surface area contributed by atoms with Crippen LogP contribution in [0.2, 0.25) is 5.02 Å². The first-order valence-corrected chi connectivity index (χ1v) is 13.9. The van der Waals surface area contributed by atoms with Gasteiger partial charge in [0.05, 0.1) is 32.1 Å². The highest BCUT2D eigenvalue weighted by molar-refractivity contribution is 6.34. The van der Waals surface area contributed by atoms with Crippen molar-refractivity contribution in [1.82, 2.24) is 14.8 Å². The van der Waals surface area contributed by atoms with Crippen molar-refractivity contribution in [3.05, 3.63) is 64.7 Å². The van der Waals surface area contributed by atoms with E-state index in [4.69, 9.17) is 26.2 Å². The Bertz CT molecular complexity index is 1170. The minimum atomic E-state index is -0.312. The average molecular weight is 555 g/mol. The number of ether oxygens (including phenoxy) is 2. The second kappa shape index (κ2) is 12.9. The number of hydrogen-bond acceptors (Lipinski definition) is 6. The molecule has 39 heavy (non-hydrogen) atoms. The Balaban J connectivity index is 1.58. The van der Waals surface area contributed by atoms with E-state index in [-0.39, 0.29) is 29.8 Å². The molecule has 1 atom stereocenters. The fraction of sp³-hybridized carbons (Fsp3) is 0.500. The SMILES string of the molecule is COc1ccc(C2CC(c3ccccc3Cl)=NN2C(=O)CN(CCN2CCOCC2)C(=O)CC(C)(C)C)cc1. The average Bonchev–Trinajstić information content (AvgIpc) is 3.36. The zero-order valence-corrected chi connectivity index (χ0v) is 24.1. The third-order valence-corrected chi connectivity index (χ3v) is 7.33. The predicted molar refractivity (Wildman–Crippen MR) is 153 cm³/mol. The normalized spacial score (nSPS) is 18.1. The van der Waals surface area contributed by atoms with Gasteiger partial charge in [-0.25, -0.2) is 5.01 Å². The highest BCUT2D eigenvalue weighted by Crippen LogP contribution is 2.35. The number of rotatable bonds is 9. The van der Waals surface area contributed by atoms with E-state index in [1.807, 2.05) is 69.3 Å². The summed E-state index contributed by atoms with van der Waals surface area (Å²) in [6.45, 7) is 10.3. The van der Waals surface area contributed by atoms with E-state index in [0.29, 0.717) is 44.2 Å². The molecular formula is C30H39ClN4O4. The molecule has 9 heteroatoms. The number of methoxy groups -OCH3 is 1. The number of morpholine rings is 1. The summed E-state index contributed by atoms with van der Waals surface area (Å²) in [5, 5.41) is 6.90. The Morgan fingerprint density at radius 2 is 1.79 bits per heavy atom. The fourth-order valence-corrected chi connectivity index (χ4v) is 5.11. The van der Waals surface area contributed by atoms with Crippen molar-refractivity contribution in [1.29, 1.82) is 0 Å². The van der Waals surface area contributed by atoms with Gasteiger partial charge in [0.15, 0.2) is 0 Å². The molecule has 1 fully saturated rings. The molecule has 0 spiro atoms. The van der Waals surface area contributed by atoms with Crippen molar-refractivity contribution in [2.75, 3.05) is 53.0 Å². The number of halogens is 1. The topological polar surface area (TPSA) is 74.7 Å². The maximum atomic E-state index is 13.9. The van der Waals surface area contributed by atoms with Crippen molar-refractivity contribution < 1.29 is 19.1 Å². The maximum Gasteiger partial charge on any atom is 0.262 e. The number of amides is 2. The third-order valence-electron chi connectivity index (χ3n) is 7.00. The van der Waals surface area contributed by atoms with Crippen molar-refractivity contribution in [3.8, 4) is 5.75 Å². The molecule has 0 N–H and O–H groups in total. The second-order valence-corrected chi connectivity index (χ2v) is 11.7. The monoisotopic (exact) mass is 554 g/mol. The lowest BCUT2D eigenvalue weighted by Gasteiger charge is -2.32. The van der Waals surface area contributed by atoms with E-state index in [1.54, 1.807) is 12.0 Å². The van der Waals surface area contributed by atoms with E-state index < -0.39 is 0 Å². The summed E-state index contributed by atoms with van der Waals surface area (Å²) >= 11 is 6.50. The first-order chi connectivity index (χ1) is 18.6. The van der Waals surface area contributed by atoms with Gasteiger partial charge in [0.25, 0.3) is 5.91 Å². The van der Waals surface area contributed by atoms with Crippen molar-refractivity contribution >= 4 is 29.1 Å². The molecule has 2 aromatic carbocycles. The minimum Gasteiger partial charge on any atom is -0.497 e. The molecule has 0 bridgehead atoms. The summed E-state index contributed by atoms with van der Waals surface area (Å²) in [5.41, 5.74) is 2.30. The van der Waals surface area contributed by atoms with Crippen LogP contribution in [-0.4, -0.2) is 85.4 Å². The number of hydrogen-bond donors (Lipinski definition) is 0. The molecule has 2 aliphatic heterocycles. The Labute approximate surface area is 236 Å². The molecule has 4 rings (SSSR count). The van der Waals surface area contributed by atoms with Gasteiger partial charge in [-0.15, -0.1) is 0 Å². The number of carbonyl (C=O) groups excluding carboxylic acids is 2. The highest BCUT2D eigenvalue weighted by atomic mass is 35.5. The highest BCUT2D eigenvalue weighted by Gasteiger charge is 2.35. The summed E-state index contributed by atoms with van der Waals surface area (Å²) < 4.78 is 10.8. The van der Waals surface area contributed by atoms with Gasteiger partial charge < -0.3 is 14.4 Å². The molecule has 210 valence electrons. The van der Waals surface area contributed by atoms with Crippen LogP contribution in [0.3, 0.4) is 0 Å². The molecule has 2 heterocycles. The van der Waals surface area contributed by atoms with Gasteiger partial charge in [-0.05, 0) is 29.2 Å². The molecule has 1 saturated heterocycles. The molecule has 0 saturated carbocycles. The third kappa shape index (κ3) is 7.81. The summed E-state index contributed by atoms with van der Waals surface area (Å²) in [6, 6.07) is 14.9. The summed E-state index contributed by atoms with van der Waals surface area (Å²) in [4.78, 5) is 31.2. The Kier molecular flexibility index (Phi) is 9.64. The van der Waals surface area contributed by atoms with E-state index in [0.717, 1.165) is 35.7 Å². The lowest BCUT2D eigenvalue weighted by atomic mass is 9.91. The fourth-order valence-electron chi connectivity index (χ4n) is 4.86. The van der Waals surface area contributed by atoms with Crippen LogP contribution in [-0.2, 0) is 14.3 Å². The van der Waals surface area contributed by atoms with Gasteiger partial charge in [0.1, 0.15) is 12.3 Å². The second-order valence-electron chi connectivity index (χ2n) is 11.3. The van der Waals surface area contributed by atoms with Crippen LogP contribution in [0.25, 0.3) is 0 Å². The van der Waals surface area contributed by atoms with Gasteiger partial charge in [-0.1, -0.05) is 62.7 Å². The van der Waals surface area contributed by atoms with Crippen LogP contribution in [0, 0.1) is 5.41 Å². The van der Waals surface area contributed by atoms with Crippen LogP contribution >= 0.6 is 11.6 Å². The van der Waals surface area contributed by atoms with Gasteiger partial charge in [-0.3, -0.25) is 14.5 Å². The van der Waals surface area contributed by atoms with Gasteiger partial charge >= 0.3 is 0 Å². The molecule has 2 aromatic rings.